The first-order valence-corrected chi connectivity index (χ1v) is 3.55. The molecular weight excluding hydrogens is 218 g/mol. The number of hydrogen-bond donors (Lipinski definition) is 0. The fraction of sp³-hybridized carbons (Fsp3) is 0. The predicted molar refractivity (Wildman–Crippen MR) is 39.4 cm³/mol. The highest BCUT2D eigenvalue weighted by Gasteiger charge is 2.09. The average molecular weight is 221 g/mol. The lowest BCUT2D eigenvalue weighted by Gasteiger charge is -1.97. The molecule has 0 aliphatic carbocycles. The van der Waals surface area contributed by atoms with Gasteiger partial charge in [0.15, 0.2) is 17.9 Å². The van der Waals surface area contributed by atoms with Crippen molar-refractivity contribution >= 4 is 22.2 Å². The number of aldehydes is 1. The molecule has 0 spiro atoms. The lowest BCUT2D eigenvalue weighted by Crippen LogP contribution is -1.90. The van der Waals surface area contributed by atoms with Crippen molar-refractivity contribution in [2.75, 3.05) is 0 Å². The number of hydrogen-bond acceptors (Lipinski definition) is 1. The van der Waals surface area contributed by atoms with Crippen molar-refractivity contribution in [2.24, 2.45) is 0 Å². The molecule has 0 saturated carbocycles. The van der Waals surface area contributed by atoms with E-state index in [0.29, 0.717) is 6.29 Å². The van der Waals surface area contributed by atoms with Crippen molar-refractivity contribution in [3.05, 3.63) is 33.8 Å². The Morgan fingerprint density at radius 3 is 2.55 bits per heavy atom. The average Bonchev–Trinajstić information content (AvgIpc) is 2.01. The van der Waals surface area contributed by atoms with Gasteiger partial charge in [-0.1, -0.05) is 0 Å². The van der Waals surface area contributed by atoms with Gasteiger partial charge in [0.1, 0.15) is 0 Å². The Bertz CT molecular complexity index is 299. The van der Waals surface area contributed by atoms with Crippen LogP contribution in [0.4, 0.5) is 8.78 Å². The Balaban J connectivity index is 3.36. The van der Waals surface area contributed by atoms with Crippen molar-refractivity contribution in [1.29, 1.82) is 0 Å². The maximum atomic E-state index is 12.6. The van der Waals surface area contributed by atoms with Crippen LogP contribution in [0.15, 0.2) is 16.6 Å². The number of carbonyl (C=O) groups is 1. The molecule has 1 rings (SSSR count). The van der Waals surface area contributed by atoms with Crippen LogP contribution in [-0.2, 0) is 0 Å². The molecular formula is C7H3BrF2O. The van der Waals surface area contributed by atoms with E-state index in [1.807, 2.05) is 0 Å². The van der Waals surface area contributed by atoms with E-state index in [2.05, 4.69) is 15.9 Å². The Morgan fingerprint density at radius 1 is 1.36 bits per heavy atom. The molecule has 0 saturated heterocycles. The first kappa shape index (κ1) is 8.33. The van der Waals surface area contributed by atoms with Crippen LogP contribution in [0.3, 0.4) is 0 Å². The van der Waals surface area contributed by atoms with Gasteiger partial charge in [-0.05, 0) is 28.1 Å². The molecule has 0 heterocycles. The lowest BCUT2D eigenvalue weighted by atomic mass is 10.2. The third kappa shape index (κ3) is 1.45. The molecule has 0 aliphatic heterocycles. The summed E-state index contributed by atoms with van der Waals surface area (Å²) in [5.41, 5.74) is 0.101. The first-order valence-electron chi connectivity index (χ1n) is 2.75. The van der Waals surface area contributed by atoms with Crippen LogP contribution in [0.2, 0.25) is 0 Å². The molecule has 0 aliphatic rings. The van der Waals surface area contributed by atoms with Gasteiger partial charge in [0, 0.05) is 5.56 Å². The zero-order valence-corrected chi connectivity index (χ0v) is 6.86. The summed E-state index contributed by atoms with van der Waals surface area (Å²) >= 11 is 2.74. The van der Waals surface area contributed by atoms with Crippen LogP contribution in [0.25, 0.3) is 0 Å². The third-order valence-corrected chi connectivity index (χ3v) is 2.00. The molecule has 1 nitrogen and oxygen atoms in total. The standard InChI is InChI=1S/C7H3BrF2O/c8-6-4(3-11)1-2-5(9)7(6)10/h1-3H. The summed E-state index contributed by atoms with van der Waals surface area (Å²) < 4.78 is 24.8. The monoisotopic (exact) mass is 220 g/mol. The largest absolute Gasteiger partial charge is 0.298 e. The van der Waals surface area contributed by atoms with Gasteiger partial charge in [0.25, 0.3) is 0 Å². The molecule has 0 N–H and O–H groups in total. The number of benzene rings is 1. The van der Waals surface area contributed by atoms with E-state index < -0.39 is 11.6 Å². The summed E-state index contributed by atoms with van der Waals surface area (Å²) in [5, 5.41) is 0. The van der Waals surface area contributed by atoms with E-state index >= 15 is 0 Å². The minimum absolute atomic E-state index is 0.101. The maximum absolute atomic E-state index is 12.6. The molecule has 0 radical (unpaired) electrons. The summed E-state index contributed by atoms with van der Waals surface area (Å²) in [4.78, 5) is 10.2. The first-order chi connectivity index (χ1) is 5.16. The zero-order chi connectivity index (χ0) is 8.43. The van der Waals surface area contributed by atoms with Gasteiger partial charge in [-0.25, -0.2) is 8.78 Å². The van der Waals surface area contributed by atoms with Crippen molar-refractivity contribution in [1.82, 2.24) is 0 Å². The number of carbonyl (C=O) groups excluding carboxylic acids is 1. The zero-order valence-electron chi connectivity index (χ0n) is 5.27. The maximum Gasteiger partial charge on any atom is 0.173 e. The molecule has 58 valence electrons. The van der Waals surface area contributed by atoms with Crippen molar-refractivity contribution in [3.63, 3.8) is 0 Å². The minimum Gasteiger partial charge on any atom is -0.298 e. The van der Waals surface area contributed by atoms with Crippen molar-refractivity contribution < 1.29 is 13.6 Å². The molecule has 0 aromatic heterocycles. The lowest BCUT2D eigenvalue weighted by molar-refractivity contribution is 0.112. The fourth-order valence-electron chi connectivity index (χ4n) is 0.632. The van der Waals surface area contributed by atoms with Crippen LogP contribution >= 0.6 is 15.9 Å². The van der Waals surface area contributed by atoms with Crippen LogP contribution in [0.1, 0.15) is 10.4 Å². The van der Waals surface area contributed by atoms with Gasteiger partial charge < -0.3 is 0 Å². The summed E-state index contributed by atoms with van der Waals surface area (Å²) in [5.74, 6) is -2.00. The normalized spacial score (nSPS) is 9.73. The number of rotatable bonds is 1. The van der Waals surface area contributed by atoms with Crippen LogP contribution < -0.4 is 0 Å². The highest BCUT2D eigenvalue weighted by molar-refractivity contribution is 9.10. The van der Waals surface area contributed by atoms with Gasteiger partial charge in [-0.2, -0.15) is 0 Å². The molecule has 0 amide bonds. The molecule has 1 aromatic carbocycles. The van der Waals surface area contributed by atoms with E-state index in [1.54, 1.807) is 0 Å². The Kier molecular flexibility index (Phi) is 2.34. The van der Waals surface area contributed by atoms with E-state index in [-0.39, 0.29) is 10.0 Å². The van der Waals surface area contributed by atoms with Crippen molar-refractivity contribution in [3.8, 4) is 0 Å². The Morgan fingerprint density at radius 2 is 2.00 bits per heavy atom. The third-order valence-electron chi connectivity index (χ3n) is 1.19. The Hall–Kier alpha value is -0.770. The van der Waals surface area contributed by atoms with Crippen LogP contribution in [0.5, 0.6) is 0 Å². The molecule has 0 fully saturated rings. The van der Waals surface area contributed by atoms with E-state index in [9.17, 15) is 13.6 Å². The predicted octanol–water partition coefficient (Wildman–Crippen LogP) is 2.54. The molecule has 0 bridgehead atoms. The van der Waals surface area contributed by atoms with Gasteiger partial charge >= 0.3 is 0 Å². The summed E-state index contributed by atoms with van der Waals surface area (Å²) in [6, 6.07) is 2.11. The molecule has 0 atom stereocenters. The smallest absolute Gasteiger partial charge is 0.173 e. The van der Waals surface area contributed by atoms with Crippen molar-refractivity contribution in [2.45, 2.75) is 0 Å². The molecule has 11 heavy (non-hydrogen) atoms. The van der Waals surface area contributed by atoms with E-state index in [4.69, 9.17) is 0 Å². The summed E-state index contributed by atoms with van der Waals surface area (Å²) in [7, 11) is 0. The highest BCUT2D eigenvalue weighted by atomic mass is 79.9. The molecule has 4 heteroatoms. The summed E-state index contributed by atoms with van der Waals surface area (Å²) in [6.45, 7) is 0. The second-order valence-electron chi connectivity index (χ2n) is 1.88. The van der Waals surface area contributed by atoms with Gasteiger partial charge in [-0.3, -0.25) is 4.79 Å². The van der Waals surface area contributed by atoms with E-state index in [1.165, 1.54) is 6.07 Å². The molecule has 0 unspecified atom stereocenters. The second kappa shape index (κ2) is 3.09. The molecule has 1 aromatic rings. The topological polar surface area (TPSA) is 17.1 Å². The quantitative estimate of drug-likeness (QED) is 0.526. The summed E-state index contributed by atoms with van der Waals surface area (Å²) in [6.07, 6.45) is 0.451. The Labute approximate surface area is 70.2 Å². The SMILES string of the molecule is O=Cc1ccc(F)c(F)c1Br. The number of halogens is 3. The fourth-order valence-corrected chi connectivity index (χ4v) is 1.05. The van der Waals surface area contributed by atoms with Crippen LogP contribution in [-0.4, -0.2) is 6.29 Å². The van der Waals surface area contributed by atoms with Gasteiger partial charge in [0.05, 0.1) is 4.47 Å². The highest BCUT2D eigenvalue weighted by Crippen LogP contribution is 2.21. The minimum atomic E-state index is -1.03. The van der Waals surface area contributed by atoms with E-state index in [0.717, 1.165) is 6.07 Å². The second-order valence-corrected chi connectivity index (χ2v) is 2.68. The van der Waals surface area contributed by atoms with Crippen LogP contribution in [0, 0.1) is 11.6 Å². The van der Waals surface area contributed by atoms with Gasteiger partial charge in [-0.15, -0.1) is 0 Å². The van der Waals surface area contributed by atoms with Gasteiger partial charge in [0.2, 0.25) is 0 Å².